The van der Waals surface area contributed by atoms with Crippen LogP contribution in [0.2, 0.25) is 0 Å². The van der Waals surface area contributed by atoms with Crippen molar-refractivity contribution in [1.29, 1.82) is 0 Å². The Kier molecular flexibility index (Phi) is 4.78. The molecule has 0 aliphatic carbocycles. The highest BCUT2D eigenvalue weighted by Gasteiger charge is 2.02. The average molecular weight is 287 g/mol. The topological polar surface area (TPSA) is 70.9 Å². The van der Waals surface area contributed by atoms with E-state index in [0.29, 0.717) is 6.54 Å². The predicted molar refractivity (Wildman–Crippen MR) is 63.8 cm³/mol. The molecule has 16 heavy (non-hydrogen) atoms. The zero-order valence-electron chi connectivity index (χ0n) is 8.61. The molecule has 2 N–H and O–H groups in total. The SMILES string of the molecule is COc1ccc(CNN=C(Br)C(=O)O)cc1. The van der Waals surface area contributed by atoms with Gasteiger partial charge in [0.15, 0.2) is 0 Å². The summed E-state index contributed by atoms with van der Waals surface area (Å²) in [4.78, 5) is 10.4. The monoisotopic (exact) mass is 286 g/mol. The van der Waals surface area contributed by atoms with Gasteiger partial charge in [-0.15, -0.1) is 0 Å². The first-order chi connectivity index (χ1) is 7.63. The zero-order chi connectivity index (χ0) is 12.0. The molecule has 0 atom stereocenters. The maximum atomic E-state index is 10.4. The van der Waals surface area contributed by atoms with Gasteiger partial charge in [0.1, 0.15) is 5.75 Å². The molecule has 86 valence electrons. The Labute approximate surface area is 101 Å². The van der Waals surface area contributed by atoms with E-state index in [1.54, 1.807) is 7.11 Å². The molecule has 0 spiro atoms. The Morgan fingerprint density at radius 1 is 1.50 bits per heavy atom. The fraction of sp³-hybridized carbons (Fsp3) is 0.200. The van der Waals surface area contributed by atoms with Crippen molar-refractivity contribution in [2.75, 3.05) is 7.11 Å². The number of halogens is 1. The molecule has 1 rings (SSSR count). The van der Waals surface area contributed by atoms with Crippen LogP contribution in [0.3, 0.4) is 0 Å². The highest BCUT2D eigenvalue weighted by atomic mass is 79.9. The zero-order valence-corrected chi connectivity index (χ0v) is 10.2. The van der Waals surface area contributed by atoms with E-state index in [9.17, 15) is 4.79 Å². The van der Waals surface area contributed by atoms with E-state index in [1.165, 1.54) is 0 Å². The van der Waals surface area contributed by atoms with Crippen LogP contribution in [-0.4, -0.2) is 22.8 Å². The summed E-state index contributed by atoms with van der Waals surface area (Å²) in [5, 5.41) is 12.1. The van der Waals surface area contributed by atoms with Crippen LogP contribution in [0.15, 0.2) is 29.4 Å². The van der Waals surface area contributed by atoms with Crippen molar-refractivity contribution in [3.63, 3.8) is 0 Å². The number of hydrazone groups is 1. The molecule has 1 aromatic carbocycles. The van der Waals surface area contributed by atoms with Gasteiger partial charge >= 0.3 is 5.97 Å². The van der Waals surface area contributed by atoms with Crippen LogP contribution in [0, 0.1) is 0 Å². The van der Waals surface area contributed by atoms with Gasteiger partial charge in [0.05, 0.1) is 13.7 Å². The highest BCUT2D eigenvalue weighted by Crippen LogP contribution is 2.10. The van der Waals surface area contributed by atoms with Gasteiger partial charge in [-0.3, -0.25) is 0 Å². The lowest BCUT2D eigenvalue weighted by Gasteiger charge is -2.03. The van der Waals surface area contributed by atoms with E-state index in [0.717, 1.165) is 11.3 Å². The molecule has 0 saturated heterocycles. The first-order valence-corrected chi connectivity index (χ1v) is 5.25. The second-order valence-corrected chi connectivity index (χ2v) is 3.64. The molecule has 0 heterocycles. The molecule has 0 amide bonds. The Bertz CT molecular complexity index is 390. The van der Waals surface area contributed by atoms with Gasteiger partial charge in [-0.05, 0) is 33.6 Å². The summed E-state index contributed by atoms with van der Waals surface area (Å²) in [6.45, 7) is 0.451. The molecule has 0 aliphatic heterocycles. The summed E-state index contributed by atoms with van der Waals surface area (Å²) in [5.74, 6) is -0.332. The van der Waals surface area contributed by atoms with E-state index in [4.69, 9.17) is 9.84 Å². The Balaban J connectivity index is 2.49. The first kappa shape index (κ1) is 12.5. The Morgan fingerprint density at radius 2 is 2.12 bits per heavy atom. The fourth-order valence-corrected chi connectivity index (χ4v) is 1.12. The summed E-state index contributed by atoms with van der Waals surface area (Å²) in [7, 11) is 1.60. The van der Waals surface area contributed by atoms with E-state index < -0.39 is 5.97 Å². The minimum absolute atomic E-state index is 0.152. The van der Waals surface area contributed by atoms with E-state index in [1.807, 2.05) is 24.3 Å². The molecule has 0 bridgehead atoms. The van der Waals surface area contributed by atoms with Crippen molar-refractivity contribution in [1.82, 2.24) is 5.43 Å². The number of carboxylic acids is 1. The van der Waals surface area contributed by atoms with Crippen molar-refractivity contribution < 1.29 is 14.6 Å². The van der Waals surface area contributed by atoms with Gasteiger partial charge in [-0.1, -0.05) is 12.1 Å². The van der Waals surface area contributed by atoms with Gasteiger partial charge < -0.3 is 15.3 Å². The molecule has 0 radical (unpaired) electrons. The first-order valence-electron chi connectivity index (χ1n) is 4.45. The van der Waals surface area contributed by atoms with Crippen LogP contribution < -0.4 is 10.2 Å². The van der Waals surface area contributed by atoms with Crippen molar-refractivity contribution in [3.05, 3.63) is 29.8 Å². The number of benzene rings is 1. The quantitative estimate of drug-likeness (QED) is 0.637. The summed E-state index contributed by atoms with van der Waals surface area (Å²) in [6.07, 6.45) is 0. The molecule has 0 saturated carbocycles. The van der Waals surface area contributed by atoms with E-state index in [2.05, 4.69) is 26.5 Å². The highest BCUT2D eigenvalue weighted by molar-refractivity contribution is 9.19. The van der Waals surface area contributed by atoms with E-state index in [-0.39, 0.29) is 4.62 Å². The van der Waals surface area contributed by atoms with E-state index >= 15 is 0 Å². The number of nitrogens with one attached hydrogen (secondary N) is 1. The number of carbonyl (C=O) groups is 1. The molecule has 0 aliphatic rings. The normalized spacial score (nSPS) is 11.0. The van der Waals surface area contributed by atoms with Crippen LogP contribution in [0.5, 0.6) is 5.75 Å². The average Bonchev–Trinajstić information content (AvgIpc) is 2.29. The van der Waals surface area contributed by atoms with Crippen LogP contribution in [-0.2, 0) is 11.3 Å². The summed E-state index contributed by atoms with van der Waals surface area (Å²) < 4.78 is 4.86. The van der Waals surface area contributed by atoms with Gasteiger partial charge in [0.2, 0.25) is 4.62 Å². The summed E-state index contributed by atoms with van der Waals surface area (Å²) in [6, 6.07) is 7.39. The number of carboxylic acid groups (broad SMARTS) is 1. The van der Waals surface area contributed by atoms with Crippen LogP contribution in [0.4, 0.5) is 0 Å². The largest absolute Gasteiger partial charge is 0.497 e. The van der Waals surface area contributed by atoms with Crippen molar-refractivity contribution in [2.24, 2.45) is 5.10 Å². The standard InChI is InChI=1S/C10H11BrN2O3/c1-16-8-4-2-7(3-5-8)6-12-13-9(11)10(14)15/h2-5,12H,6H2,1H3,(H,14,15). The molecule has 5 nitrogen and oxygen atoms in total. The maximum absolute atomic E-state index is 10.4. The smallest absolute Gasteiger partial charge is 0.363 e. The number of rotatable bonds is 5. The lowest BCUT2D eigenvalue weighted by atomic mass is 10.2. The Hall–Kier alpha value is -1.56. The third kappa shape index (κ3) is 3.90. The molecule has 1 aromatic rings. The maximum Gasteiger partial charge on any atom is 0.363 e. The van der Waals surface area contributed by atoms with Crippen molar-refractivity contribution in [3.8, 4) is 5.75 Å². The second kappa shape index (κ2) is 6.12. The van der Waals surface area contributed by atoms with Crippen LogP contribution >= 0.6 is 15.9 Å². The minimum atomic E-state index is -1.11. The fourth-order valence-electron chi connectivity index (χ4n) is 0.991. The summed E-state index contributed by atoms with van der Waals surface area (Å²) in [5.41, 5.74) is 3.62. The number of ether oxygens (including phenoxy) is 1. The minimum Gasteiger partial charge on any atom is -0.497 e. The molecular formula is C10H11BrN2O3. The van der Waals surface area contributed by atoms with Gasteiger partial charge in [0, 0.05) is 0 Å². The van der Waals surface area contributed by atoms with Crippen molar-refractivity contribution in [2.45, 2.75) is 6.54 Å². The third-order valence-electron chi connectivity index (χ3n) is 1.80. The molecule has 0 aromatic heterocycles. The van der Waals surface area contributed by atoms with Crippen LogP contribution in [0.1, 0.15) is 5.56 Å². The van der Waals surface area contributed by atoms with Gasteiger partial charge in [0.25, 0.3) is 0 Å². The summed E-state index contributed by atoms with van der Waals surface area (Å²) >= 11 is 2.81. The molecule has 0 unspecified atom stereocenters. The van der Waals surface area contributed by atoms with Crippen LogP contribution in [0.25, 0.3) is 0 Å². The molecular weight excluding hydrogens is 276 g/mol. The molecule has 0 fully saturated rings. The number of hydrogen-bond acceptors (Lipinski definition) is 4. The third-order valence-corrected chi connectivity index (χ3v) is 2.31. The second-order valence-electron chi connectivity index (χ2n) is 2.89. The number of aliphatic carboxylic acids is 1. The van der Waals surface area contributed by atoms with Crippen molar-refractivity contribution >= 4 is 26.5 Å². The lowest BCUT2D eigenvalue weighted by molar-refractivity contribution is -0.129. The predicted octanol–water partition coefficient (Wildman–Crippen LogP) is 1.58. The van der Waals surface area contributed by atoms with Gasteiger partial charge in [-0.2, -0.15) is 5.10 Å². The Morgan fingerprint density at radius 3 is 2.62 bits per heavy atom. The van der Waals surface area contributed by atoms with Gasteiger partial charge in [-0.25, -0.2) is 4.79 Å². The number of nitrogens with zero attached hydrogens (tertiary/aromatic N) is 1. The molecule has 6 heteroatoms. The number of methoxy groups -OCH3 is 1. The lowest BCUT2D eigenvalue weighted by Crippen LogP contribution is -2.12. The number of hydrogen-bond donors (Lipinski definition) is 2.